The van der Waals surface area contributed by atoms with Crippen LogP contribution >= 0.6 is 0 Å². The van der Waals surface area contributed by atoms with E-state index in [1.807, 2.05) is 13.8 Å². The molecule has 0 amide bonds. The highest BCUT2D eigenvalue weighted by atomic mass is 19.4. The largest absolute Gasteiger partial charge is 0.394 e. The molecule has 0 nitrogen and oxygen atoms in total. The molecule has 1 saturated carbocycles. The van der Waals surface area contributed by atoms with Crippen LogP contribution in [0, 0.1) is 5.41 Å². The molecule has 0 aliphatic heterocycles. The van der Waals surface area contributed by atoms with Crippen molar-refractivity contribution in [2.75, 3.05) is 0 Å². The van der Waals surface area contributed by atoms with Crippen molar-refractivity contribution in [2.45, 2.75) is 46.2 Å². The molecule has 0 unspecified atom stereocenters. The van der Waals surface area contributed by atoms with Crippen LogP contribution in [0.15, 0.2) is 0 Å². The van der Waals surface area contributed by atoms with Crippen LogP contribution in [-0.4, -0.2) is 6.18 Å². The van der Waals surface area contributed by atoms with Crippen molar-refractivity contribution in [1.29, 1.82) is 0 Å². The van der Waals surface area contributed by atoms with E-state index in [1.165, 1.54) is 6.92 Å². The summed E-state index contributed by atoms with van der Waals surface area (Å²) in [4.78, 5) is 0. The molecule has 0 aromatic carbocycles. The highest BCUT2D eigenvalue weighted by Crippen LogP contribution is 2.52. The molecule has 0 radical (unpaired) electrons. The third-order valence-corrected chi connectivity index (χ3v) is 2.14. The SMILES string of the molecule is CC.CC1(C(F)(F)F)CCC1. The van der Waals surface area contributed by atoms with E-state index in [0.717, 1.165) is 6.42 Å². The van der Waals surface area contributed by atoms with Gasteiger partial charge in [-0.3, -0.25) is 0 Å². The first-order valence-corrected chi connectivity index (χ1v) is 4.02. The lowest BCUT2D eigenvalue weighted by atomic mass is 9.70. The minimum Gasteiger partial charge on any atom is -0.171 e. The lowest BCUT2D eigenvalue weighted by Gasteiger charge is -2.39. The second-order valence-corrected chi connectivity index (χ2v) is 2.91. The molecule has 68 valence electrons. The average molecular weight is 168 g/mol. The minimum absolute atomic E-state index is 0.316. The predicted octanol–water partition coefficient (Wildman–Crippen LogP) is 3.77. The Bertz CT molecular complexity index is 111. The monoisotopic (exact) mass is 168 g/mol. The summed E-state index contributed by atoms with van der Waals surface area (Å²) >= 11 is 0. The molecule has 3 heteroatoms. The quantitative estimate of drug-likeness (QED) is 0.516. The molecule has 0 atom stereocenters. The fraction of sp³-hybridized carbons (Fsp3) is 1.00. The van der Waals surface area contributed by atoms with Crippen LogP contribution in [-0.2, 0) is 0 Å². The Balaban J connectivity index is 0.000000461. The molecular formula is C8H15F3. The summed E-state index contributed by atoms with van der Waals surface area (Å²) in [6.45, 7) is 5.29. The average Bonchev–Trinajstić information content (AvgIpc) is 1.85. The number of rotatable bonds is 0. The zero-order valence-corrected chi connectivity index (χ0v) is 7.26. The Hall–Kier alpha value is -0.210. The zero-order valence-electron chi connectivity index (χ0n) is 7.26. The molecule has 11 heavy (non-hydrogen) atoms. The van der Waals surface area contributed by atoms with Crippen LogP contribution in [0.25, 0.3) is 0 Å². The van der Waals surface area contributed by atoms with Gasteiger partial charge in [0.1, 0.15) is 0 Å². The van der Waals surface area contributed by atoms with Crippen LogP contribution < -0.4 is 0 Å². The number of hydrogen-bond acceptors (Lipinski definition) is 0. The molecule has 0 saturated heterocycles. The first kappa shape index (κ1) is 10.8. The van der Waals surface area contributed by atoms with E-state index in [1.54, 1.807) is 0 Å². The van der Waals surface area contributed by atoms with Gasteiger partial charge in [-0.05, 0) is 12.8 Å². The van der Waals surface area contributed by atoms with E-state index in [4.69, 9.17) is 0 Å². The summed E-state index contributed by atoms with van der Waals surface area (Å²) in [7, 11) is 0. The van der Waals surface area contributed by atoms with E-state index >= 15 is 0 Å². The maximum Gasteiger partial charge on any atom is 0.394 e. The molecule has 0 heterocycles. The molecule has 1 fully saturated rings. The topological polar surface area (TPSA) is 0 Å². The van der Waals surface area contributed by atoms with E-state index in [9.17, 15) is 13.2 Å². The summed E-state index contributed by atoms with van der Waals surface area (Å²) < 4.78 is 35.7. The van der Waals surface area contributed by atoms with Crippen molar-refractivity contribution in [3.63, 3.8) is 0 Å². The Morgan fingerprint density at radius 1 is 1.09 bits per heavy atom. The van der Waals surface area contributed by atoms with Gasteiger partial charge in [-0.1, -0.05) is 27.2 Å². The molecule has 0 aromatic rings. The van der Waals surface area contributed by atoms with Crippen LogP contribution in [0.3, 0.4) is 0 Å². The van der Waals surface area contributed by atoms with E-state index < -0.39 is 11.6 Å². The third-order valence-electron chi connectivity index (χ3n) is 2.14. The fourth-order valence-corrected chi connectivity index (χ4v) is 0.991. The standard InChI is InChI=1S/C6H9F3.C2H6/c1-5(3-2-4-5)6(7,8)9;1-2/h2-4H2,1H3;1-2H3. The lowest BCUT2D eigenvalue weighted by Crippen LogP contribution is -2.40. The van der Waals surface area contributed by atoms with Crippen molar-refractivity contribution >= 4 is 0 Å². The van der Waals surface area contributed by atoms with Crippen LogP contribution in [0.4, 0.5) is 13.2 Å². The van der Waals surface area contributed by atoms with Crippen molar-refractivity contribution in [1.82, 2.24) is 0 Å². The van der Waals surface area contributed by atoms with Crippen molar-refractivity contribution in [3.05, 3.63) is 0 Å². The smallest absolute Gasteiger partial charge is 0.171 e. The van der Waals surface area contributed by atoms with E-state index in [0.29, 0.717) is 12.8 Å². The van der Waals surface area contributed by atoms with Gasteiger partial charge < -0.3 is 0 Å². The summed E-state index contributed by atoms with van der Waals surface area (Å²) in [6.07, 6.45) is -2.60. The number of alkyl halides is 3. The zero-order chi connectivity index (χ0) is 9.12. The molecular weight excluding hydrogens is 153 g/mol. The van der Waals surface area contributed by atoms with Gasteiger partial charge in [0.15, 0.2) is 0 Å². The molecule has 1 aliphatic rings. The van der Waals surface area contributed by atoms with Gasteiger partial charge in [-0.2, -0.15) is 13.2 Å². The Morgan fingerprint density at radius 3 is 1.45 bits per heavy atom. The third kappa shape index (κ3) is 2.11. The summed E-state index contributed by atoms with van der Waals surface area (Å²) in [5.74, 6) is 0. The van der Waals surface area contributed by atoms with Crippen LogP contribution in [0.2, 0.25) is 0 Å². The molecule has 0 N–H and O–H groups in total. The molecule has 0 spiro atoms. The summed E-state index contributed by atoms with van der Waals surface area (Å²) in [6, 6.07) is 0. The van der Waals surface area contributed by atoms with Gasteiger partial charge in [0, 0.05) is 0 Å². The Labute approximate surface area is 65.8 Å². The first-order chi connectivity index (χ1) is 4.96. The van der Waals surface area contributed by atoms with Gasteiger partial charge in [-0.15, -0.1) is 0 Å². The predicted molar refractivity (Wildman–Crippen MR) is 39.4 cm³/mol. The second-order valence-electron chi connectivity index (χ2n) is 2.91. The molecule has 1 rings (SSSR count). The first-order valence-electron chi connectivity index (χ1n) is 4.02. The van der Waals surface area contributed by atoms with Crippen LogP contribution in [0.1, 0.15) is 40.0 Å². The molecule has 0 bridgehead atoms. The van der Waals surface area contributed by atoms with E-state index in [2.05, 4.69) is 0 Å². The molecule has 1 aliphatic carbocycles. The lowest BCUT2D eigenvalue weighted by molar-refractivity contribution is -0.242. The maximum atomic E-state index is 11.9. The van der Waals surface area contributed by atoms with Crippen molar-refractivity contribution in [2.24, 2.45) is 5.41 Å². The highest BCUT2D eigenvalue weighted by molar-refractivity contribution is 4.89. The van der Waals surface area contributed by atoms with Gasteiger partial charge in [0.2, 0.25) is 0 Å². The number of hydrogen-bond donors (Lipinski definition) is 0. The molecule has 0 aromatic heterocycles. The summed E-state index contributed by atoms with van der Waals surface area (Å²) in [5.41, 5.74) is -1.34. The van der Waals surface area contributed by atoms with Gasteiger partial charge in [0.25, 0.3) is 0 Å². The number of halogens is 3. The summed E-state index contributed by atoms with van der Waals surface area (Å²) in [5, 5.41) is 0. The Morgan fingerprint density at radius 2 is 1.45 bits per heavy atom. The normalized spacial score (nSPS) is 21.3. The van der Waals surface area contributed by atoms with Gasteiger partial charge in [-0.25, -0.2) is 0 Å². The van der Waals surface area contributed by atoms with Crippen molar-refractivity contribution in [3.8, 4) is 0 Å². The Kier molecular flexibility index (Phi) is 3.39. The maximum absolute atomic E-state index is 11.9. The van der Waals surface area contributed by atoms with Crippen molar-refractivity contribution < 1.29 is 13.2 Å². The van der Waals surface area contributed by atoms with E-state index in [-0.39, 0.29) is 0 Å². The highest BCUT2D eigenvalue weighted by Gasteiger charge is 2.54. The van der Waals surface area contributed by atoms with Gasteiger partial charge in [0.05, 0.1) is 5.41 Å². The minimum atomic E-state index is -3.97. The van der Waals surface area contributed by atoms with Gasteiger partial charge >= 0.3 is 6.18 Å². The van der Waals surface area contributed by atoms with Crippen LogP contribution in [0.5, 0.6) is 0 Å². The fourth-order valence-electron chi connectivity index (χ4n) is 0.991. The second kappa shape index (κ2) is 3.46.